The first kappa shape index (κ1) is 11.9. The van der Waals surface area contributed by atoms with E-state index in [0.717, 1.165) is 13.1 Å². The van der Waals surface area contributed by atoms with E-state index in [2.05, 4.69) is 13.8 Å². The van der Waals surface area contributed by atoms with E-state index in [1.54, 1.807) is 0 Å². The lowest BCUT2D eigenvalue weighted by Gasteiger charge is -2.35. The summed E-state index contributed by atoms with van der Waals surface area (Å²) in [4.78, 5) is 13.7. The van der Waals surface area contributed by atoms with E-state index in [-0.39, 0.29) is 11.9 Å². The van der Waals surface area contributed by atoms with Crippen molar-refractivity contribution >= 4 is 17.7 Å². The average Bonchev–Trinajstić information content (AvgIpc) is 2.00. The molecule has 0 aromatic rings. The molecule has 0 aliphatic carbocycles. The molecule has 1 aliphatic heterocycles. The molecule has 1 amide bonds. The molecule has 1 heterocycles. The second-order valence-corrected chi connectivity index (χ2v) is 6.12. The molecule has 82 valence electrons. The molecule has 1 saturated heterocycles. The molecule has 0 bridgehead atoms. The third kappa shape index (κ3) is 3.50. The molecule has 1 fully saturated rings. The van der Waals surface area contributed by atoms with Crippen LogP contribution in [0.3, 0.4) is 0 Å². The Balaban J connectivity index is 2.46. The van der Waals surface area contributed by atoms with Gasteiger partial charge >= 0.3 is 0 Å². The maximum absolute atomic E-state index is 11.7. The van der Waals surface area contributed by atoms with Crippen molar-refractivity contribution < 1.29 is 4.79 Å². The lowest BCUT2D eigenvalue weighted by molar-refractivity contribution is -0.131. The molecule has 4 heteroatoms. The maximum Gasteiger partial charge on any atom is 0.224 e. The lowest BCUT2D eigenvalue weighted by Crippen LogP contribution is -2.45. The topological polar surface area (TPSA) is 46.3 Å². The average molecular weight is 216 g/mol. The highest BCUT2D eigenvalue weighted by molar-refractivity contribution is 8.00. The van der Waals surface area contributed by atoms with Gasteiger partial charge in [-0.15, -0.1) is 0 Å². The van der Waals surface area contributed by atoms with Crippen molar-refractivity contribution in [3.05, 3.63) is 0 Å². The number of nitrogens with two attached hydrogens (primary N) is 1. The third-order valence-corrected chi connectivity index (χ3v) is 3.50. The number of carbonyl (C=O) groups excluding carboxylic acids is 1. The molecular formula is C10H20N2OS. The normalized spacial score (nSPS) is 30.1. The molecule has 2 N–H and O–H groups in total. The first-order valence-corrected chi connectivity index (χ1v) is 6.12. The van der Waals surface area contributed by atoms with E-state index in [0.29, 0.717) is 16.9 Å². The summed E-state index contributed by atoms with van der Waals surface area (Å²) in [6.07, 6.45) is 0.476. The number of hydrogen-bond donors (Lipinski definition) is 1. The maximum atomic E-state index is 11.7. The summed E-state index contributed by atoms with van der Waals surface area (Å²) >= 11 is 1.96. The van der Waals surface area contributed by atoms with Crippen LogP contribution < -0.4 is 5.73 Å². The Hall–Kier alpha value is -0.220. The highest BCUT2D eigenvalue weighted by Crippen LogP contribution is 2.24. The number of amides is 1. The highest BCUT2D eigenvalue weighted by Gasteiger charge is 2.25. The minimum absolute atomic E-state index is 0.0253. The highest BCUT2D eigenvalue weighted by atomic mass is 32.2. The lowest BCUT2D eigenvalue weighted by atomic mass is 10.2. The van der Waals surface area contributed by atoms with Crippen molar-refractivity contribution in [2.24, 2.45) is 5.73 Å². The SMILES string of the molecule is CC(N)CC(=O)N1CC(C)SC(C)C1. The van der Waals surface area contributed by atoms with E-state index in [9.17, 15) is 4.79 Å². The third-order valence-electron chi connectivity index (χ3n) is 2.27. The Morgan fingerprint density at radius 1 is 1.50 bits per heavy atom. The molecule has 3 nitrogen and oxygen atoms in total. The Kier molecular flexibility index (Phi) is 4.26. The molecule has 14 heavy (non-hydrogen) atoms. The van der Waals surface area contributed by atoms with Gasteiger partial charge in [0.25, 0.3) is 0 Å². The molecule has 0 spiro atoms. The second kappa shape index (κ2) is 5.03. The number of nitrogens with zero attached hydrogens (tertiary/aromatic N) is 1. The predicted molar refractivity (Wildman–Crippen MR) is 61.4 cm³/mol. The van der Waals surface area contributed by atoms with Crippen LogP contribution in [0.5, 0.6) is 0 Å². The smallest absolute Gasteiger partial charge is 0.224 e. The summed E-state index contributed by atoms with van der Waals surface area (Å²) in [5.74, 6) is 0.207. The Morgan fingerprint density at radius 3 is 2.43 bits per heavy atom. The Morgan fingerprint density at radius 2 is 2.00 bits per heavy atom. The molecule has 0 radical (unpaired) electrons. The zero-order valence-corrected chi connectivity index (χ0v) is 10.0. The van der Waals surface area contributed by atoms with Gasteiger partial charge < -0.3 is 10.6 Å². The van der Waals surface area contributed by atoms with E-state index >= 15 is 0 Å². The number of carbonyl (C=O) groups is 1. The standard InChI is InChI=1S/C10H20N2OS/c1-7(11)4-10(13)12-5-8(2)14-9(3)6-12/h7-9H,4-6,11H2,1-3H3. The van der Waals surface area contributed by atoms with E-state index in [4.69, 9.17) is 5.73 Å². The second-order valence-electron chi connectivity index (χ2n) is 4.24. The molecule has 0 aromatic heterocycles. The summed E-state index contributed by atoms with van der Waals surface area (Å²) < 4.78 is 0. The van der Waals surface area contributed by atoms with Gasteiger partial charge in [-0.2, -0.15) is 11.8 Å². The number of rotatable bonds is 2. The van der Waals surface area contributed by atoms with Crippen molar-refractivity contribution in [3.8, 4) is 0 Å². The monoisotopic (exact) mass is 216 g/mol. The molecule has 0 aromatic carbocycles. The van der Waals surface area contributed by atoms with Crippen LogP contribution in [0.15, 0.2) is 0 Å². The van der Waals surface area contributed by atoms with Gasteiger partial charge in [0, 0.05) is 36.1 Å². The molecule has 1 rings (SSSR count). The first-order valence-electron chi connectivity index (χ1n) is 5.18. The molecule has 0 saturated carbocycles. The predicted octanol–water partition coefficient (Wildman–Crippen LogP) is 1.08. The van der Waals surface area contributed by atoms with E-state index in [1.165, 1.54) is 0 Å². The van der Waals surface area contributed by atoms with Gasteiger partial charge in [0.05, 0.1) is 0 Å². The van der Waals surface area contributed by atoms with Gasteiger partial charge in [-0.3, -0.25) is 4.79 Å². The van der Waals surface area contributed by atoms with E-state index in [1.807, 2.05) is 23.6 Å². The van der Waals surface area contributed by atoms with Crippen LogP contribution >= 0.6 is 11.8 Å². The summed E-state index contributed by atoms with van der Waals surface area (Å²) in [7, 11) is 0. The summed E-state index contributed by atoms with van der Waals surface area (Å²) in [5, 5.41) is 1.10. The van der Waals surface area contributed by atoms with Crippen molar-refractivity contribution in [2.45, 2.75) is 43.7 Å². The van der Waals surface area contributed by atoms with Gasteiger partial charge in [0.1, 0.15) is 0 Å². The molecule has 3 atom stereocenters. The van der Waals surface area contributed by atoms with Gasteiger partial charge in [-0.05, 0) is 6.92 Å². The van der Waals surface area contributed by atoms with Crippen molar-refractivity contribution in [1.29, 1.82) is 0 Å². The first-order chi connectivity index (χ1) is 6.49. The van der Waals surface area contributed by atoms with Crippen LogP contribution in [-0.2, 0) is 4.79 Å². The molecule has 1 aliphatic rings. The fourth-order valence-electron chi connectivity index (χ4n) is 1.79. The van der Waals surface area contributed by atoms with Crippen LogP contribution in [0.4, 0.5) is 0 Å². The van der Waals surface area contributed by atoms with Gasteiger partial charge in [-0.1, -0.05) is 13.8 Å². The quantitative estimate of drug-likeness (QED) is 0.751. The molecule has 3 unspecified atom stereocenters. The summed E-state index contributed by atoms with van der Waals surface area (Å²) in [6, 6.07) is -0.0253. The van der Waals surface area contributed by atoms with Crippen LogP contribution in [0.25, 0.3) is 0 Å². The zero-order chi connectivity index (χ0) is 10.7. The van der Waals surface area contributed by atoms with Crippen molar-refractivity contribution in [2.75, 3.05) is 13.1 Å². The Labute approximate surface area is 90.4 Å². The van der Waals surface area contributed by atoms with Crippen LogP contribution in [0, 0.1) is 0 Å². The molecular weight excluding hydrogens is 196 g/mol. The number of thioether (sulfide) groups is 1. The van der Waals surface area contributed by atoms with Crippen molar-refractivity contribution in [1.82, 2.24) is 4.90 Å². The van der Waals surface area contributed by atoms with E-state index < -0.39 is 0 Å². The Bertz CT molecular complexity index is 198. The van der Waals surface area contributed by atoms with Gasteiger partial charge in [-0.25, -0.2) is 0 Å². The minimum atomic E-state index is -0.0253. The van der Waals surface area contributed by atoms with Crippen LogP contribution in [0.2, 0.25) is 0 Å². The fraction of sp³-hybridized carbons (Fsp3) is 0.900. The van der Waals surface area contributed by atoms with Gasteiger partial charge in [0.2, 0.25) is 5.91 Å². The summed E-state index contributed by atoms with van der Waals surface area (Å²) in [6.45, 7) is 7.98. The minimum Gasteiger partial charge on any atom is -0.340 e. The van der Waals surface area contributed by atoms with Gasteiger partial charge in [0.15, 0.2) is 0 Å². The van der Waals surface area contributed by atoms with Crippen LogP contribution in [-0.4, -0.2) is 40.4 Å². The zero-order valence-electron chi connectivity index (χ0n) is 9.19. The summed E-state index contributed by atoms with van der Waals surface area (Å²) in [5.41, 5.74) is 5.62. The van der Waals surface area contributed by atoms with Crippen LogP contribution in [0.1, 0.15) is 27.2 Å². The van der Waals surface area contributed by atoms with Crippen molar-refractivity contribution in [3.63, 3.8) is 0 Å². The fourth-order valence-corrected chi connectivity index (χ4v) is 3.11. The number of hydrogen-bond acceptors (Lipinski definition) is 3. The largest absolute Gasteiger partial charge is 0.340 e.